The number of amidine groups is 1. The van der Waals surface area contributed by atoms with Crippen molar-refractivity contribution in [3.05, 3.63) is 65.6 Å². The van der Waals surface area contributed by atoms with Gasteiger partial charge in [0, 0.05) is 25.4 Å². The lowest BCUT2D eigenvalue weighted by molar-refractivity contribution is -0.127. The molecule has 1 unspecified atom stereocenters. The Bertz CT molecular complexity index is 1140. The summed E-state index contributed by atoms with van der Waals surface area (Å²) in [7, 11) is 3.07. The van der Waals surface area contributed by atoms with E-state index in [0.717, 1.165) is 19.3 Å². The molecule has 2 aromatic carbocycles. The highest BCUT2D eigenvalue weighted by Gasteiger charge is 2.42. The zero-order valence-electron chi connectivity index (χ0n) is 21.0. The number of likely N-dealkylation sites (tertiary alicyclic amines) is 1. The van der Waals surface area contributed by atoms with Crippen molar-refractivity contribution in [2.45, 2.75) is 44.6 Å². The molecule has 1 amide bonds. The van der Waals surface area contributed by atoms with E-state index in [1.165, 1.54) is 19.8 Å². The zero-order valence-corrected chi connectivity index (χ0v) is 21.0. The molecule has 0 radical (unpaired) electrons. The molecule has 2 aromatic rings. The number of aliphatic hydroxyl groups is 1. The topological polar surface area (TPSA) is 91.7 Å². The molecule has 0 bridgehead atoms. The SMILES string of the molecule is CCCCC1=NC(O)=C(C(=O)N2CC[C@@H](c3ccccc3)C2)C(C=O)N1c1c(OC)cccc1OC. The van der Waals surface area contributed by atoms with Crippen LogP contribution in [0, 0.1) is 0 Å². The fourth-order valence-corrected chi connectivity index (χ4v) is 4.97. The summed E-state index contributed by atoms with van der Waals surface area (Å²) in [5.41, 5.74) is 1.63. The molecule has 0 saturated carbocycles. The second-order valence-corrected chi connectivity index (χ2v) is 8.98. The Kier molecular flexibility index (Phi) is 7.93. The van der Waals surface area contributed by atoms with Gasteiger partial charge in [-0.15, -0.1) is 0 Å². The molecule has 2 aliphatic rings. The van der Waals surface area contributed by atoms with Gasteiger partial charge in [0.2, 0.25) is 5.88 Å². The van der Waals surface area contributed by atoms with Gasteiger partial charge in [0.15, 0.2) is 0 Å². The molecule has 8 nitrogen and oxygen atoms in total. The van der Waals surface area contributed by atoms with Crippen molar-refractivity contribution in [1.82, 2.24) is 4.90 Å². The zero-order chi connectivity index (χ0) is 25.7. The van der Waals surface area contributed by atoms with Crippen molar-refractivity contribution < 1.29 is 24.2 Å². The summed E-state index contributed by atoms with van der Waals surface area (Å²) in [4.78, 5) is 34.2. The summed E-state index contributed by atoms with van der Waals surface area (Å²) in [6.07, 6.45) is 3.69. The maximum Gasteiger partial charge on any atom is 0.257 e. The summed E-state index contributed by atoms with van der Waals surface area (Å²) in [5.74, 6) is 0.837. The lowest BCUT2D eigenvalue weighted by Crippen LogP contribution is -2.50. The number of para-hydroxylation sites is 1. The van der Waals surface area contributed by atoms with Gasteiger partial charge in [-0.3, -0.25) is 4.79 Å². The number of ether oxygens (including phenoxy) is 2. The Balaban J connectivity index is 1.74. The maximum absolute atomic E-state index is 13.8. The van der Waals surface area contributed by atoms with Gasteiger partial charge >= 0.3 is 0 Å². The maximum atomic E-state index is 13.8. The second kappa shape index (κ2) is 11.3. The van der Waals surface area contributed by atoms with Crippen LogP contribution in [0.2, 0.25) is 0 Å². The minimum absolute atomic E-state index is 0.0353. The summed E-state index contributed by atoms with van der Waals surface area (Å²) < 4.78 is 11.2. The summed E-state index contributed by atoms with van der Waals surface area (Å²) in [6, 6.07) is 14.3. The number of aldehydes is 1. The highest BCUT2D eigenvalue weighted by molar-refractivity contribution is 6.11. The quantitative estimate of drug-likeness (QED) is 0.521. The summed E-state index contributed by atoms with van der Waals surface area (Å²) >= 11 is 0. The lowest BCUT2D eigenvalue weighted by atomic mass is 9.98. The number of nitrogens with zero attached hydrogens (tertiary/aromatic N) is 3. The van der Waals surface area contributed by atoms with Gasteiger partial charge in [-0.1, -0.05) is 49.7 Å². The number of aliphatic imine (C=N–C) groups is 1. The Hall–Kier alpha value is -3.81. The molecule has 2 heterocycles. The average Bonchev–Trinajstić information content (AvgIpc) is 3.41. The fraction of sp³-hybridized carbons (Fsp3) is 0.393. The number of benzene rings is 2. The van der Waals surface area contributed by atoms with Crippen LogP contribution in [-0.2, 0) is 9.59 Å². The third kappa shape index (κ3) is 4.80. The van der Waals surface area contributed by atoms with Gasteiger partial charge in [0.1, 0.15) is 40.9 Å². The van der Waals surface area contributed by atoms with Gasteiger partial charge in [-0.2, -0.15) is 4.99 Å². The summed E-state index contributed by atoms with van der Waals surface area (Å²) in [5, 5.41) is 11.0. The smallest absolute Gasteiger partial charge is 0.257 e. The number of unbranched alkanes of at least 4 members (excludes halogenated alkanes) is 1. The number of rotatable bonds is 9. The molecule has 0 spiro atoms. The number of carbonyl (C=O) groups is 2. The second-order valence-electron chi connectivity index (χ2n) is 8.98. The van der Waals surface area contributed by atoms with Crippen LogP contribution >= 0.6 is 0 Å². The lowest BCUT2D eigenvalue weighted by Gasteiger charge is -2.37. The Labute approximate surface area is 211 Å². The van der Waals surface area contributed by atoms with E-state index in [1.54, 1.807) is 28.0 Å². The Morgan fingerprint density at radius 3 is 2.42 bits per heavy atom. The third-order valence-electron chi connectivity index (χ3n) is 6.83. The number of amides is 1. The molecule has 4 rings (SSSR count). The van der Waals surface area contributed by atoms with Crippen molar-refractivity contribution in [2.24, 2.45) is 4.99 Å². The minimum atomic E-state index is -1.08. The molecular weight excluding hydrogens is 458 g/mol. The predicted molar refractivity (Wildman–Crippen MR) is 139 cm³/mol. The van der Waals surface area contributed by atoms with E-state index in [-0.39, 0.29) is 17.4 Å². The van der Waals surface area contributed by atoms with Crippen molar-refractivity contribution in [3.63, 3.8) is 0 Å². The van der Waals surface area contributed by atoms with E-state index in [9.17, 15) is 14.7 Å². The highest BCUT2D eigenvalue weighted by atomic mass is 16.5. The Morgan fingerprint density at radius 2 is 1.81 bits per heavy atom. The number of anilines is 1. The molecule has 36 heavy (non-hydrogen) atoms. The number of hydrogen-bond acceptors (Lipinski definition) is 7. The molecule has 8 heteroatoms. The van der Waals surface area contributed by atoms with Gasteiger partial charge in [0.25, 0.3) is 5.91 Å². The van der Waals surface area contributed by atoms with E-state index in [0.29, 0.717) is 48.8 Å². The van der Waals surface area contributed by atoms with Crippen LogP contribution in [0.15, 0.2) is 65.0 Å². The highest BCUT2D eigenvalue weighted by Crippen LogP contribution is 2.42. The van der Waals surface area contributed by atoms with Gasteiger partial charge in [-0.05, 0) is 30.5 Å². The molecule has 1 saturated heterocycles. The first kappa shape index (κ1) is 25.3. The Morgan fingerprint density at radius 1 is 1.11 bits per heavy atom. The van der Waals surface area contributed by atoms with Crippen molar-refractivity contribution in [2.75, 3.05) is 32.2 Å². The normalized spacial score (nSPS) is 19.8. The van der Waals surface area contributed by atoms with Crippen molar-refractivity contribution >= 4 is 23.7 Å². The van der Waals surface area contributed by atoms with Crippen LogP contribution < -0.4 is 14.4 Å². The van der Waals surface area contributed by atoms with Crippen LogP contribution in [0.1, 0.15) is 44.1 Å². The van der Waals surface area contributed by atoms with Gasteiger partial charge in [-0.25, -0.2) is 0 Å². The standard InChI is InChI=1S/C28H33N3O5/c1-4-5-14-24-29-27(33)25(28(34)30-16-15-20(17-30)19-10-7-6-8-11-19)21(18-32)31(24)26-22(35-2)12-9-13-23(26)36-3/h6-13,18,20-21,33H,4-5,14-17H2,1-3H3/t20-,21?/m1/s1. The van der Waals surface area contributed by atoms with Crippen LogP contribution in [0.25, 0.3) is 0 Å². The molecule has 1 N–H and O–H groups in total. The van der Waals surface area contributed by atoms with E-state index in [1.807, 2.05) is 18.2 Å². The van der Waals surface area contributed by atoms with Crippen molar-refractivity contribution in [3.8, 4) is 11.5 Å². The average molecular weight is 492 g/mol. The fourth-order valence-electron chi connectivity index (χ4n) is 4.97. The van der Waals surface area contributed by atoms with Crippen LogP contribution in [0.5, 0.6) is 11.5 Å². The summed E-state index contributed by atoms with van der Waals surface area (Å²) in [6.45, 7) is 3.09. The molecule has 190 valence electrons. The van der Waals surface area contributed by atoms with Crippen LogP contribution in [-0.4, -0.2) is 61.4 Å². The number of aliphatic hydroxyl groups excluding tert-OH is 1. The van der Waals surface area contributed by atoms with Crippen LogP contribution in [0.4, 0.5) is 5.69 Å². The molecule has 2 aliphatic heterocycles. The largest absolute Gasteiger partial charge is 0.494 e. The first-order valence-corrected chi connectivity index (χ1v) is 12.3. The third-order valence-corrected chi connectivity index (χ3v) is 6.83. The number of hydrogen-bond donors (Lipinski definition) is 1. The van der Waals surface area contributed by atoms with Crippen LogP contribution in [0.3, 0.4) is 0 Å². The van der Waals surface area contributed by atoms with Crippen molar-refractivity contribution in [1.29, 1.82) is 0 Å². The van der Waals surface area contributed by atoms with E-state index in [2.05, 4.69) is 24.0 Å². The monoisotopic (exact) mass is 491 g/mol. The molecule has 2 atom stereocenters. The molecule has 0 aromatic heterocycles. The predicted octanol–water partition coefficient (Wildman–Crippen LogP) is 4.47. The molecular formula is C28H33N3O5. The van der Waals surface area contributed by atoms with E-state index >= 15 is 0 Å². The first-order valence-electron chi connectivity index (χ1n) is 12.3. The van der Waals surface area contributed by atoms with Gasteiger partial charge < -0.3 is 29.2 Å². The van der Waals surface area contributed by atoms with E-state index in [4.69, 9.17) is 9.47 Å². The molecule has 1 fully saturated rings. The van der Waals surface area contributed by atoms with E-state index < -0.39 is 11.9 Å². The first-order chi connectivity index (χ1) is 17.5. The van der Waals surface area contributed by atoms with Gasteiger partial charge in [0.05, 0.1) is 14.2 Å². The molecule has 0 aliphatic carbocycles. The number of methoxy groups -OCH3 is 2. The number of carbonyl (C=O) groups excluding carboxylic acids is 2. The minimum Gasteiger partial charge on any atom is -0.494 e.